The van der Waals surface area contributed by atoms with E-state index >= 15 is 0 Å². The molecule has 11 heteroatoms. The van der Waals surface area contributed by atoms with Crippen LogP contribution in [-0.4, -0.2) is 58.0 Å². The van der Waals surface area contributed by atoms with Crippen molar-refractivity contribution in [3.63, 3.8) is 0 Å². The van der Waals surface area contributed by atoms with Gasteiger partial charge in [-0.3, -0.25) is 4.90 Å². The summed E-state index contributed by atoms with van der Waals surface area (Å²) < 4.78 is 39.7. The Morgan fingerprint density at radius 1 is 1.20 bits per heavy atom. The van der Waals surface area contributed by atoms with Gasteiger partial charge in [0, 0.05) is 25.2 Å². The number of carbonyl (C=O) groups is 1. The minimum Gasteiger partial charge on any atom is -0.475 e. The number of hydrogen-bond acceptors (Lipinski definition) is 7. The highest BCUT2D eigenvalue weighted by Crippen LogP contribution is 2.39. The lowest BCUT2D eigenvalue weighted by molar-refractivity contribution is -0.137. The van der Waals surface area contributed by atoms with Crippen molar-refractivity contribution in [1.29, 1.82) is 0 Å². The minimum atomic E-state index is -4.42. The highest BCUT2D eigenvalue weighted by Gasteiger charge is 2.32. The van der Waals surface area contributed by atoms with E-state index in [0.717, 1.165) is 70.0 Å². The van der Waals surface area contributed by atoms with Crippen LogP contribution in [-0.2, 0) is 12.7 Å². The van der Waals surface area contributed by atoms with Gasteiger partial charge >= 0.3 is 12.1 Å². The van der Waals surface area contributed by atoms with Gasteiger partial charge < -0.3 is 15.3 Å². The van der Waals surface area contributed by atoms with E-state index in [1.54, 1.807) is 0 Å². The van der Waals surface area contributed by atoms with Gasteiger partial charge in [-0.2, -0.15) is 13.2 Å². The van der Waals surface area contributed by atoms with Crippen molar-refractivity contribution in [1.82, 2.24) is 14.9 Å². The number of alkyl halides is 3. The molecule has 0 amide bonds. The first-order chi connectivity index (χ1) is 19.1. The molecule has 1 aliphatic carbocycles. The van der Waals surface area contributed by atoms with Crippen molar-refractivity contribution >= 4 is 30.0 Å². The third-order valence-electron chi connectivity index (χ3n) is 8.12. The Bertz CT molecular complexity index is 1170. The van der Waals surface area contributed by atoms with Gasteiger partial charge in [0.15, 0.2) is 11.6 Å². The van der Waals surface area contributed by atoms with Crippen molar-refractivity contribution in [3.8, 4) is 0 Å². The number of halogens is 3. The van der Waals surface area contributed by atoms with Crippen LogP contribution in [0.1, 0.15) is 87.0 Å². The number of aromatic nitrogens is 2. The normalized spacial score (nSPS) is 19.1. The third kappa shape index (κ3) is 7.10. The number of aromatic carboxylic acids is 1. The minimum absolute atomic E-state index is 0.0393. The predicted molar refractivity (Wildman–Crippen MR) is 150 cm³/mol. The molecule has 4 rings (SSSR count). The zero-order valence-corrected chi connectivity index (χ0v) is 23.3. The second-order valence-electron chi connectivity index (χ2n) is 10.9. The number of hydrogen-bond donors (Lipinski definition) is 2. The van der Waals surface area contributed by atoms with Crippen LogP contribution in [0.4, 0.5) is 30.5 Å². The first-order valence-corrected chi connectivity index (χ1v) is 14.1. The zero-order chi connectivity index (χ0) is 28.9. The molecule has 2 aromatic rings. The first kappa shape index (κ1) is 29.8. The van der Waals surface area contributed by atoms with Gasteiger partial charge in [0.25, 0.3) is 0 Å². The lowest BCUT2D eigenvalue weighted by Gasteiger charge is -2.41. The van der Waals surface area contributed by atoms with Crippen LogP contribution < -0.4 is 10.2 Å². The van der Waals surface area contributed by atoms with E-state index in [0.29, 0.717) is 35.7 Å². The smallest absolute Gasteiger partial charge is 0.416 e. The van der Waals surface area contributed by atoms with E-state index in [1.165, 1.54) is 12.1 Å². The highest BCUT2D eigenvalue weighted by molar-refractivity contribution is 5.87. The van der Waals surface area contributed by atoms with Gasteiger partial charge in [0.1, 0.15) is 5.69 Å². The molecule has 0 spiro atoms. The number of carboxylic acids is 1. The second-order valence-corrected chi connectivity index (χ2v) is 10.9. The van der Waals surface area contributed by atoms with Crippen molar-refractivity contribution in [2.24, 2.45) is 10.9 Å². The Balaban J connectivity index is 1.77. The maximum absolute atomic E-state index is 13.2. The molecule has 0 bridgehead atoms. The Kier molecular flexibility index (Phi) is 9.65. The average molecular weight is 561 g/mol. The van der Waals surface area contributed by atoms with Crippen molar-refractivity contribution < 1.29 is 23.1 Å². The molecule has 8 nitrogen and oxygen atoms in total. The van der Waals surface area contributed by atoms with Gasteiger partial charge in [-0.05, 0) is 69.4 Å². The van der Waals surface area contributed by atoms with E-state index in [4.69, 9.17) is 0 Å². The van der Waals surface area contributed by atoms with Crippen molar-refractivity contribution in [2.75, 3.05) is 23.4 Å². The Morgan fingerprint density at radius 2 is 1.93 bits per heavy atom. The van der Waals surface area contributed by atoms with E-state index in [1.807, 2.05) is 4.90 Å². The summed E-state index contributed by atoms with van der Waals surface area (Å²) in [5, 5.41) is 13.2. The molecule has 1 saturated heterocycles. The number of nitrogens with one attached hydrogen (secondary N) is 1. The predicted octanol–water partition coefficient (Wildman–Crippen LogP) is 6.74. The fourth-order valence-corrected chi connectivity index (χ4v) is 5.66. The van der Waals surface area contributed by atoms with Crippen molar-refractivity contribution in [3.05, 3.63) is 41.2 Å². The quantitative estimate of drug-likeness (QED) is 0.278. The lowest BCUT2D eigenvalue weighted by Crippen LogP contribution is -2.46. The van der Waals surface area contributed by atoms with Crippen LogP contribution in [0.5, 0.6) is 0 Å². The number of piperidine rings is 1. The number of carboxylic acid groups (broad SMARTS) is 1. The molecule has 0 radical (unpaired) electrons. The van der Waals surface area contributed by atoms with Crippen LogP contribution in [0.25, 0.3) is 0 Å². The molecule has 218 valence electrons. The monoisotopic (exact) mass is 560 g/mol. The van der Waals surface area contributed by atoms with Gasteiger partial charge in [0.05, 0.1) is 12.2 Å². The summed E-state index contributed by atoms with van der Waals surface area (Å²) >= 11 is 0. The SMILES string of the molecule is C=Nc1nc(C(=O)O)nc(N[C@H](C)C2CCC2)c1N(Cc1ccc(C(F)(F)F)cc1)CN1CCCC[C@H]1CCC. The fourth-order valence-electron chi connectivity index (χ4n) is 5.66. The number of aliphatic imine (C=N–C) groups is 1. The number of anilines is 2. The van der Waals surface area contributed by atoms with E-state index in [9.17, 15) is 23.1 Å². The van der Waals surface area contributed by atoms with E-state index < -0.39 is 17.7 Å². The first-order valence-electron chi connectivity index (χ1n) is 14.1. The highest BCUT2D eigenvalue weighted by atomic mass is 19.4. The van der Waals surface area contributed by atoms with Crippen LogP contribution >= 0.6 is 0 Å². The molecule has 40 heavy (non-hydrogen) atoms. The molecular weight excluding hydrogens is 521 g/mol. The summed E-state index contributed by atoms with van der Waals surface area (Å²) in [7, 11) is 0. The summed E-state index contributed by atoms with van der Waals surface area (Å²) in [4.78, 5) is 29.0. The van der Waals surface area contributed by atoms with Crippen LogP contribution in [0.15, 0.2) is 29.3 Å². The van der Waals surface area contributed by atoms with Gasteiger partial charge in [-0.15, -0.1) is 0 Å². The summed E-state index contributed by atoms with van der Waals surface area (Å²) in [6.45, 7) is 9.50. The van der Waals surface area contributed by atoms with Gasteiger partial charge in [-0.1, -0.05) is 38.3 Å². The topological polar surface area (TPSA) is 93.9 Å². The van der Waals surface area contributed by atoms with Crippen LogP contribution in [0, 0.1) is 5.92 Å². The molecular formula is C29H39F3N6O2. The molecule has 0 unspecified atom stereocenters. The summed E-state index contributed by atoms with van der Waals surface area (Å²) in [5.41, 5.74) is 0.473. The van der Waals surface area contributed by atoms with Crippen LogP contribution in [0.2, 0.25) is 0 Å². The molecule has 2 heterocycles. The molecule has 2 N–H and O–H groups in total. The molecule has 1 aromatic carbocycles. The third-order valence-corrected chi connectivity index (χ3v) is 8.12. The van der Waals surface area contributed by atoms with Crippen LogP contribution in [0.3, 0.4) is 0 Å². The largest absolute Gasteiger partial charge is 0.475 e. The van der Waals surface area contributed by atoms with E-state index in [-0.39, 0.29) is 24.2 Å². The molecule has 1 aromatic heterocycles. The molecule has 1 saturated carbocycles. The standard InChI is InChI=1S/C29H39F3N6O2/c1-4-8-23-11-5-6-16-37(23)18-38(17-20-12-14-22(15-13-20)29(30,31)32)24-25(33-3)35-27(28(39)40)36-26(24)34-19(2)21-9-7-10-21/h12-15,19,21,23H,3-11,16-18H2,1-2H3,(H,39,40)(H,34,35,36)/t19-,23-/m1/s1. The molecule has 1 aliphatic heterocycles. The average Bonchev–Trinajstić information content (AvgIpc) is 2.87. The van der Waals surface area contributed by atoms with Crippen molar-refractivity contribution in [2.45, 2.75) is 90.0 Å². The number of benzene rings is 1. The fraction of sp³-hybridized carbons (Fsp3) is 0.586. The Labute approximate surface area is 233 Å². The summed E-state index contributed by atoms with van der Waals surface area (Å²) in [6.07, 6.45) is 4.26. The maximum Gasteiger partial charge on any atom is 0.416 e. The maximum atomic E-state index is 13.2. The number of likely N-dealkylation sites (tertiary alicyclic amines) is 1. The number of nitrogens with zero attached hydrogens (tertiary/aromatic N) is 5. The summed E-state index contributed by atoms with van der Waals surface area (Å²) in [6, 6.07) is 5.54. The molecule has 2 atom stereocenters. The lowest BCUT2D eigenvalue weighted by atomic mass is 9.80. The Hall–Kier alpha value is -3.21. The van der Waals surface area contributed by atoms with E-state index in [2.05, 4.69) is 45.7 Å². The second kappa shape index (κ2) is 13.0. The molecule has 2 aliphatic rings. The molecule has 2 fully saturated rings. The zero-order valence-electron chi connectivity index (χ0n) is 23.3. The van der Waals surface area contributed by atoms with Gasteiger partial charge in [0.2, 0.25) is 5.82 Å². The Morgan fingerprint density at radius 3 is 2.50 bits per heavy atom. The number of rotatable bonds is 12. The van der Waals surface area contributed by atoms with Gasteiger partial charge in [-0.25, -0.2) is 19.8 Å². The summed E-state index contributed by atoms with van der Waals surface area (Å²) in [5.74, 6) is -0.734.